The molecule has 0 saturated heterocycles. The Hall–Kier alpha value is -4.88. The van der Waals surface area contributed by atoms with Gasteiger partial charge in [-0.15, -0.1) is 0 Å². The molecule has 0 aliphatic heterocycles. The number of pyridine rings is 1. The maximum Gasteiger partial charge on any atom is 0.141 e. The van der Waals surface area contributed by atoms with Crippen LogP contribution in [0.25, 0.3) is 33.3 Å². The van der Waals surface area contributed by atoms with E-state index in [2.05, 4.69) is 105 Å². The second-order valence-corrected chi connectivity index (χ2v) is 12.6. The predicted molar refractivity (Wildman–Crippen MR) is 184 cm³/mol. The second kappa shape index (κ2) is 11.8. The zero-order chi connectivity index (χ0) is 32.1. The highest BCUT2D eigenvalue weighted by Crippen LogP contribution is 2.42. The molecule has 0 N–H and O–H groups in total. The molecule has 7 nitrogen and oxygen atoms in total. The molecule has 0 saturated carbocycles. The average molecular weight is 613 g/mol. The third-order valence-electron chi connectivity index (χ3n) is 9.42. The van der Waals surface area contributed by atoms with Crippen molar-refractivity contribution < 1.29 is 14.2 Å². The number of para-hydroxylation sites is 1. The number of aromatic nitrogens is 4. The van der Waals surface area contributed by atoms with Gasteiger partial charge in [-0.25, -0.2) is 9.67 Å². The fourth-order valence-electron chi connectivity index (χ4n) is 7.40. The quantitative estimate of drug-likeness (QED) is 0.168. The molecule has 7 heteroatoms. The van der Waals surface area contributed by atoms with Gasteiger partial charge in [0.15, 0.2) is 0 Å². The molecule has 7 rings (SSSR count). The Kier molecular flexibility index (Phi) is 7.65. The molecule has 1 aliphatic rings. The van der Waals surface area contributed by atoms with Crippen LogP contribution >= 0.6 is 0 Å². The highest BCUT2D eigenvalue weighted by molar-refractivity contribution is 6.09. The van der Waals surface area contributed by atoms with E-state index in [9.17, 15) is 0 Å². The van der Waals surface area contributed by atoms with E-state index >= 15 is 0 Å². The zero-order valence-electron chi connectivity index (χ0n) is 27.5. The lowest BCUT2D eigenvalue weighted by Crippen LogP contribution is -2.25. The molecule has 0 fully saturated rings. The van der Waals surface area contributed by atoms with Crippen LogP contribution in [0.1, 0.15) is 48.7 Å². The van der Waals surface area contributed by atoms with Crippen LogP contribution in [0.4, 0.5) is 0 Å². The first kappa shape index (κ1) is 29.8. The van der Waals surface area contributed by atoms with Crippen LogP contribution in [0, 0.1) is 26.7 Å². The number of rotatable bonds is 7. The van der Waals surface area contributed by atoms with Crippen molar-refractivity contribution in [1.29, 1.82) is 0 Å². The van der Waals surface area contributed by atoms with E-state index in [0.29, 0.717) is 11.8 Å². The first-order chi connectivity index (χ1) is 22.2. The number of allylic oxidation sites excluding steroid dienone is 1. The molecule has 0 bridgehead atoms. The van der Waals surface area contributed by atoms with Gasteiger partial charge in [0.05, 0.1) is 35.6 Å². The maximum atomic E-state index is 6.59. The van der Waals surface area contributed by atoms with Crippen molar-refractivity contribution in [2.45, 2.75) is 53.1 Å². The van der Waals surface area contributed by atoms with E-state index in [1.54, 1.807) is 20.4 Å². The summed E-state index contributed by atoms with van der Waals surface area (Å²) in [7, 11) is 3.47. The summed E-state index contributed by atoms with van der Waals surface area (Å²) < 4.78 is 22.0. The van der Waals surface area contributed by atoms with Gasteiger partial charge >= 0.3 is 0 Å². The Labute approximate surface area is 270 Å². The van der Waals surface area contributed by atoms with Gasteiger partial charge in [0.25, 0.3) is 0 Å². The van der Waals surface area contributed by atoms with Crippen molar-refractivity contribution in [2.24, 2.45) is 5.92 Å². The standard InChI is InChI=1S/C39H40N4O3/c1-23-16-28(43-27(5)39(26(4)41-43)38-24(2)18-31(45-7)19-25(38)3)20-32(17-23)46-30-12-13-34-33-10-8-9-11-35(33)42(36(34)21-30)37-22-29(44-6)14-15-40-37/h8-18,20-22,25,31,38H,19H2,1-7H3/t25-,31-,38?/m0/s1. The normalized spacial score (nSPS) is 18.2. The Morgan fingerprint density at radius 3 is 2.39 bits per heavy atom. The van der Waals surface area contributed by atoms with Gasteiger partial charge in [0, 0.05) is 59.5 Å². The molecule has 3 aromatic carbocycles. The molecule has 3 aromatic heterocycles. The van der Waals surface area contributed by atoms with Crippen molar-refractivity contribution in [3.05, 3.63) is 113 Å². The molecule has 6 aromatic rings. The fourth-order valence-corrected chi connectivity index (χ4v) is 7.40. The van der Waals surface area contributed by atoms with E-state index in [4.69, 9.17) is 24.3 Å². The molecule has 1 unspecified atom stereocenters. The highest BCUT2D eigenvalue weighted by Gasteiger charge is 2.32. The summed E-state index contributed by atoms with van der Waals surface area (Å²) in [6.45, 7) is 10.9. The molecule has 0 radical (unpaired) electrons. The van der Waals surface area contributed by atoms with Gasteiger partial charge < -0.3 is 14.2 Å². The molecule has 3 heterocycles. The van der Waals surface area contributed by atoms with Crippen molar-refractivity contribution in [2.75, 3.05) is 14.2 Å². The highest BCUT2D eigenvalue weighted by atomic mass is 16.5. The number of ether oxygens (including phenoxy) is 3. The monoisotopic (exact) mass is 612 g/mol. The minimum atomic E-state index is 0.172. The number of aryl methyl sites for hydroxylation is 2. The summed E-state index contributed by atoms with van der Waals surface area (Å²) in [6.07, 6.45) is 5.23. The van der Waals surface area contributed by atoms with E-state index in [-0.39, 0.29) is 6.10 Å². The fraction of sp³-hybridized carbons (Fsp3) is 0.282. The van der Waals surface area contributed by atoms with Crippen LogP contribution in [0.15, 0.2) is 90.6 Å². The van der Waals surface area contributed by atoms with Gasteiger partial charge in [0.1, 0.15) is 23.1 Å². The second-order valence-electron chi connectivity index (χ2n) is 12.6. The summed E-state index contributed by atoms with van der Waals surface area (Å²) in [6, 6.07) is 24.8. The Bertz CT molecular complexity index is 2120. The van der Waals surface area contributed by atoms with Gasteiger partial charge in [0.2, 0.25) is 0 Å². The summed E-state index contributed by atoms with van der Waals surface area (Å²) in [5.74, 6) is 3.82. The van der Waals surface area contributed by atoms with Crippen molar-refractivity contribution >= 4 is 21.8 Å². The minimum Gasteiger partial charge on any atom is -0.497 e. The number of methoxy groups -OCH3 is 2. The van der Waals surface area contributed by atoms with Crippen molar-refractivity contribution in [1.82, 2.24) is 19.3 Å². The van der Waals surface area contributed by atoms with Crippen LogP contribution in [-0.4, -0.2) is 39.7 Å². The Morgan fingerprint density at radius 2 is 1.61 bits per heavy atom. The predicted octanol–water partition coefficient (Wildman–Crippen LogP) is 9.18. The maximum absolute atomic E-state index is 6.59. The van der Waals surface area contributed by atoms with Crippen LogP contribution in [0.2, 0.25) is 0 Å². The largest absolute Gasteiger partial charge is 0.497 e. The van der Waals surface area contributed by atoms with Crippen LogP contribution in [0.5, 0.6) is 17.2 Å². The first-order valence-electron chi connectivity index (χ1n) is 15.9. The van der Waals surface area contributed by atoms with Gasteiger partial charge in [-0.2, -0.15) is 5.10 Å². The third kappa shape index (κ3) is 5.14. The summed E-state index contributed by atoms with van der Waals surface area (Å²) in [5, 5.41) is 7.34. The first-order valence-corrected chi connectivity index (χ1v) is 15.9. The molecule has 234 valence electrons. The van der Waals surface area contributed by atoms with E-state index in [1.165, 1.54) is 11.1 Å². The van der Waals surface area contributed by atoms with Gasteiger partial charge in [-0.05, 0) is 82.0 Å². The minimum absolute atomic E-state index is 0.172. The van der Waals surface area contributed by atoms with Crippen LogP contribution < -0.4 is 9.47 Å². The average Bonchev–Trinajstić information content (AvgIpc) is 3.53. The molecule has 1 aliphatic carbocycles. The summed E-state index contributed by atoms with van der Waals surface area (Å²) in [4.78, 5) is 4.69. The lowest BCUT2D eigenvalue weighted by atomic mass is 9.74. The van der Waals surface area contributed by atoms with Crippen molar-refractivity contribution in [3.63, 3.8) is 0 Å². The zero-order valence-corrected chi connectivity index (χ0v) is 27.5. The van der Waals surface area contributed by atoms with Crippen molar-refractivity contribution in [3.8, 4) is 28.8 Å². The third-order valence-corrected chi connectivity index (χ3v) is 9.42. The summed E-state index contributed by atoms with van der Waals surface area (Å²) in [5.41, 5.74) is 9.04. The van der Waals surface area contributed by atoms with E-state index in [1.807, 2.05) is 18.2 Å². The van der Waals surface area contributed by atoms with Crippen LogP contribution in [-0.2, 0) is 4.74 Å². The molecule has 46 heavy (non-hydrogen) atoms. The molecule has 3 atom stereocenters. The van der Waals surface area contributed by atoms with Gasteiger partial charge in [-0.1, -0.05) is 36.8 Å². The molecule has 0 spiro atoms. The Morgan fingerprint density at radius 1 is 0.804 bits per heavy atom. The molecular formula is C39H40N4O3. The summed E-state index contributed by atoms with van der Waals surface area (Å²) >= 11 is 0. The lowest BCUT2D eigenvalue weighted by Gasteiger charge is -2.33. The number of fused-ring (bicyclic) bond motifs is 3. The van der Waals surface area contributed by atoms with Gasteiger partial charge in [-0.3, -0.25) is 4.57 Å². The lowest BCUT2D eigenvalue weighted by molar-refractivity contribution is 0.108. The number of hydrogen-bond donors (Lipinski definition) is 0. The number of hydrogen-bond acceptors (Lipinski definition) is 5. The molecular weight excluding hydrogens is 572 g/mol. The Balaban J connectivity index is 1.27. The van der Waals surface area contributed by atoms with E-state index in [0.717, 1.165) is 73.9 Å². The number of benzene rings is 3. The van der Waals surface area contributed by atoms with E-state index < -0.39 is 0 Å². The number of nitrogens with zero attached hydrogens (tertiary/aromatic N) is 4. The topological polar surface area (TPSA) is 63.3 Å². The van der Waals surface area contributed by atoms with Crippen LogP contribution in [0.3, 0.4) is 0 Å². The smallest absolute Gasteiger partial charge is 0.141 e. The molecule has 0 amide bonds. The SMILES string of the molecule is COc1ccnc(-n2c3ccccc3c3ccc(Oc4cc(C)cc(-n5nc(C)c(C6C(C)=C[C@H](OC)C[C@@H]6C)c5C)c4)cc32)c1.